The summed E-state index contributed by atoms with van der Waals surface area (Å²) in [6.45, 7) is 2.25. The summed E-state index contributed by atoms with van der Waals surface area (Å²) in [5.74, 6) is 1.44. The summed E-state index contributed by atoms with van der Waals surface area (Å²) in [5, 5.41) is 3.01. The van der Waals surface area contributed by atoms with E-state index in [0.29, 0.717) is 16.8 Å². The molecule has 1 N–H and O–H groups in total. The Morgan fingerprint density at radius 3 is 2.94 bits per heavy atom. The quantitative estimate of drug-likeness (QED) is 0.939. The Labute approximate surface area is 113 Å². The zero-order valence-electron chi connectivity index (χ0n) is 10.1. The van der Waals surface area contributed by atoms with Crippen molar-refractivity contribution in [1.82, 2.24) is 14.5 Å². The molecule has 0 unspecified atom stereocenters. The van der Waals surface area contributed by atoms with Crippen LogP contribution in [0.5, 0.6) is 0 Å². The molecule has 0 amide bonds. The zero-order valence-corrected chi connectivity index (χ0v) is 11.7. The molecule has 0 fully saturated rings. The van der Waals surface area contributed by atoms with E-state index >= 15 is 0 Å². The summed E-state index contributed by atoms with van der Waals surface area (Å²) >= 11 is 3.20. The number of hydrogen-bond donors (Lipinski definition) is 1. The Kier molecular flexibility index (Phi) is 3.76. The standard InChI is InChI=1S/C12H13BrN4O/c1-8-16-6-10(13)12(18)17(8)7-9-4-3-5-15-11(9)14-2/h3-6H,7H2,1-2H3,(H,14,15). The average Bonchev–Trinajstić information content (AvgIpc) is 2.39. The molecule has 2 rings (SSSR count). The fraction of sp³-hybridized carbons (Fsp3) is 0.250. The first-order chi connectivity index (χ1) is 8.63. The van der Waals surface area contributed by atoms with Gasteiger partial charge >= 0.3 is 0 Å². The van der Waals surface area contributed by atoms with E-state index in [1.54, 1.807) is 17.8 Å². The van der Waals surface area contributed by atoms with E-state index < -0.39 is 0 Å². The molecule has 6 heteroatoms. The summed E-state index contributed by atoms with van der Waals surface area (Å²) in [6, 6.07) is 3.79. The summed E-state index contributed by atoms with van der Waals surface area (Å²) in [7, 11) is 1.81. The summed E-state index contributed by atoms with van der Waals surface area (Å²) in [6.07, 6.45) is 3.24. The molecule has 0 aliphatic heterocycles. The minimum Gasteiger partial charge on any atom is -0.373 e. The molecule has 2 aromatic heterocycles. The lowest BCUT2D eigenvalue weighted by Crippen LogP contribution is -2.25. The molecule has 0 atom stereocenters. The third-order valence-electron chi connectivity index (χ3n) is 2.66. The van der Waals surface area contributed by atoms with Crippen LogP contribution in [0, 0.1) is 6.92 Å². The molecule has 0 radical (unpaired) electrons. The van der Waals surface area contributed by atoms with Crippen LogP contribution in [-0.4, -0.2) is 21.6 Å². The predicted octanol–water partition coefficient (Wildman–Crippen LogP) is 1.80. The number of nitrogens with zero attached hydrogens (tertiary/aromatic N) is 3. The van der Waals surface area contributed by atoms with Crippen molar-refractivity contribution >= 4 is 21.7 Å². The second-order valence-electron chi connectivity index (χ2n) is 3.81. The van der Waals surface area contributed by atoms with Crippen LogP contribution >= 0.6 is 15.9 Å². The Morgan fingerprint density at radius 2 is 2.22 bits per heavy atom. The van der Waals surface area contributed by atoms with Gasteiger partial charge in [-0.25, -0.2) is 9.97 Å². The van der Waals surface area contributed by atoms with Crippen molar-refractivity contribution in [2.45, 2.75) is 13.5 Å². The first kappa shape index (κ1) is 12.8. The number of rotatable bonds is 3. The summed E-state index contributed by atoms with van der Waals surface area (Å²) in [4.78, 5) is 20.4. The fourth-order valence-corrected chi connectivity index (χ4v) is 2.02. The van der Waals surface area contributed by atoms with Crippen molar-refractivity contribution in [2.24, 2.45) is 0 Å². The molecular weight excluding hydrogens is 296 g/mol. The molecular formula is C12H13BrN4O. The Morgan fingerprint density at radius 1 is 1.44 bits per heavy atom. The highest BCUT2D eigenvalue weighted by Crippen LogP contribution is 2.12. The molecule has 0 aliphatic rings. The van der Waals surface area contributed by atoms with Crippen LogP contribution in [0.1, 0.15) is 11.4 Å². The molecule has 0 aliphatic carbocycles. The summed E-state index contributed by atoms with van der Waals surface area (Å²) < 4.78 is 2.07. The maximum Gasteiger partial charge on any atom is 0.268 e. The highest BCUT2D eigenvalue weighted by molar-refractivity contribution is 9.10. The van der Waals surface area contributed by atoms with Crippen LogP contribution in [0.2, 0.25) is 0 Å². The van der Waals surface area contributed by atoms with E-state index in [9.17, 15) is 4.79 Å². The number of nitrogens with one attached hydrogen (secondary N) is 1. The lowest BCUT2D eigenvalue weighted by molar-refractivity contribution is 0.694. The molecule has 0 saturated carbocycles. The maximum atomic E-state index is 12.0. The lowest BCUT2D eigenvalue weighted by Gasteiger charge is -2.12. The third kappa shape index (κ3) is 2.43. The molecule has 94 valence electrons. The van der Waals surface area contributed by atoms with Crippen molar-refractivity contribution in [1.29, 1.82) is 0 Å². The second-order valence-corrected chi connectivity index (χ2v) is 4.66. The summed E-state index contributed by atoms with van der Waals surface area (Å²) in [5.41, 5.74) is 0.860. The van der Waals surface area contributed by atoms with Crippen LogP contribution in [-0.2, 0) is 6.54 Å². The Balaban J connectivity index is 2.46. The van der Waals surface area contributed by atoms with Crippen LogP contribution in [0.25, 0.3) is 0 Å². The van der Waals surface area contributed by atoms with Crippen molar-refractivity contribution in [3.63, 3.8) is 0 Å². The molecule has 2 heterocycles. The highest BCUT2D eigenvalue weighted by atomic mass is 79.9. The number of hydrogen-bond acceptors (Lipinski definition) is 4. The topological polar surface area (TPSA) is 59.8 Å². The number of aromatic nitrogens is 3. The number of halogens is 1. The van der Waals surface area contributed by atoms with Crippen molar-refractivity contribution in [3.8, 4) is 0 Å². The van der Waals surface area contributed by atoms with Gasteiger partial charge in [0.2, 0.25) is 0 Å². The molecule has 5 nitrogen and oxygen atoms in total. The monoisotopic (exact) mass is 308 g/mol. The van der Waals surface area contributed by atoms with E-state index in [1.807, 2.05) is 19.1 Å². The van der Waals surface area contributed by atoms with Gasteiger partial charge in [0.15, 0.2) is 0 Å². The van der Waals surface area contributed by atoms with E-state index in [-0.39, 0.29) is 5.56 Å². The van der Waals surface area contributed by atoms with Gasteiger partial charge in [-0.3, -0.25) is 9.36 Å². The predicted molar refractivity (Wildman–Crippen MR) is 73.8 cm³/mol. The van der Waals surface area contributed by atoms with Gasteiger partial charge in [-0.15, -0.1) is 0 Å². The minimum absolute atomic E-state index is 0.0894. The van der Waals surface area contributed by atoms with Crippen molar-refractivity contribution in [3.05, 3.63) is 50.7 Å². The maximum absolute atomic E-state index is 12.0. The first-order valence-electron chi connectivity index (χ1n) is 5.47. The highest BCUT2D eigenvalue weighted by Gasteiger charge is 2.08. The van der Waals surface area contributed by atoms with Gasteiger partial charge in [0.1, 0.15) is 16.1 Å². The van der Waals surface area contributed by atoms with Gasteiger partial charge in [0.25, 0.3) is 5.56 Å². The number of aryl methyl sites for hydroxylation is 1. The molecule has 0 aromatic carbocycles. The van der Waals surface area contributed by atoms with Gasteiger partial charge in [0, 0.05) is 25.0 Å². The average molecular weight is 309 g/mol. The largest absolute Gasteiger partial charge is 0.373 e. The molecule has 2 aromatic rings. The fourth-order valence-electron chi connectivity index (χ4n) is 1.70. The minimum atomic E-state index is -0.0894. The Bertz CT molecular complexity index is 624. The van der Waals surface area contributed by atoms with Crippen molar-refractivity contribution in [2.75, 3.05) is 12.4 Å². The van der Waals surface area contributed by atoms with Crippen molar-refractivity contribution < 1.29 is 0 Å². The smallest absolute Gasteiger partial charge is 0.268 e. The van der Waals surface area contributed by atoms with Crippen LogP contribution in [0.15, 0.2) is 33.8 Å². The van der Waals surface area contributed by atoms with Crippen LogP contribution in [0.4, 0.5) is 5.82 Å². The first-order valence-corrected chi connectivity index (χ1v) is 6.26. The normalized spacial score (nSPS) is 10.4. The van der Waals surface area contributed by atoms with Gasteiger partial charge < -0.3 is 5.32 Å². The lowest BCUT2D eigenvalue weighted by atomic mass is 10.2. The van der Waals surface area contributed by atoms with Gasteiger partial charge in [0.05, 0.1) is 6.54 Å². The molecule has 18 heavy (non-hydrogen) atoms. The van der Waals surface area contributed by atoms with E-state index in [1.165, 1.54) is 6.20 Å². The van der Waals surface area contributed by atoms with E-state index in [4.69, 9.17) is 0 Å². The zero-order chi connectivity index (χ0) is 13.1. The van der Waals surface area contributed by atoms with E-state index in [0.717, 1.165) is 11.4 Å². The number of anilines is 1. The molecule has 0 bridgehead atoms. The SMILES string of the molecule is CNc1ncccc1Cn1c(C)ncc(Br)c1=O. The van der Waals surface area contributed by atoms with Gasteiger partial charge in [-0.05, 0) is 28.9 Å². The Hall–Kier alpha value is -1.69. The molecule has 0 saturated heterocycles. The molecule has 0 spiro atoms. The van der Waals surface area contributed by atoms with E-state index in [2.05, 4.69) is 31.2 Å². The van der Waals surface area contributed by atoms with Crippen LogP contribution < -0.4 is 10.9 Å². The second kappa shape index (κ2) is 5.30. The van der Waals surface area contributed by atoms with Gasteiger partial charge in [-0.2, -0.15) is 0 Å². The van der Waals surface area contributed by atoms with Gasteiger partial charge in [-0.1, -0.05) is 6.07 Å². The third-order valence-corrected chi connectivity index (χ3v) is 3.21. The number of pyridine rings is 1. The van der Waals surface area contributed by atoms with Crippen LogP contribution in [0.3, 0.4) is 0 Å².